The third-order valence-electron chi connectivity index (χ3n) is 4.38. The van der Waals surface area contributed by atoms with Crippen LogP contribution in [-0.4, -0.2) is 33.6 Å². The van der Waals surface area contributed by atoms with Gasteiger partial charge in [0.2, 0.25) is 5.88 Å². The van der Waals surface area contributed by atoms with E-state index >= 15 is 0 Å². The molecule has 0 bridgehead atoms. The molecule has 0 aliphatic carbocycles. The maximum atomic E-state index is 6.01. The van der Waals surface area contributed by atoms with Gasteiger partial charge in [-0.2, -0.15) is 0 Å². The largest absolute Gasteiger partial charge is 0.481 e. The fourth-order valence-corrected chi connectivity index (χ4v) is 3.23. The third-order valence-corrected chi connectivity index (χ3v) is 4.82. The fraction of sp³-hybridized carbons (Fsp3) is 0.211. The molecule has 1 aromatic carbocycles. The van der Waals surface area contributed by atoms with Crippen LogP contribution in [0.4, 0.5) is 0 Å². The van der Waals surface area contributed by atoms with Gasteiger partial charge in [-0.15, -0.1) is 0 Å². The van der Waals surface area contributed by atoms with E-state index in [-0.39, 0.29) is 12.1 Å². The number of imidazole rings is 1. The highest BCUT2D eigenvalue weighted by Crippen LogP contribution is 2.29. The summed E-state index contributed by atoms with van der Waals surface area (Å²) in [5.74, 6) is 0.938. The molecule has 2 atom stereocenters. The van der Waals surface area contributed by atoms with Gasteiger partial charge >= 0.3 is 0 Å². The number of rotatable bonds is 4. The van der Waals surface area contributed by atoms with E-state index in [4.69, 9.17) is 37.8 Å². The van der Waals surface area contributed by atoms with Gasteiger partial charge in [0.1, 0.15) is 29.3 Å². The Morgan fingerprint density at radius 1 is 1.14 bits per heavy atom. The summed E-state index contributed by atoms with van der Waals surface area (Å²) in [7, 11) is 1.56. The Kier molecular flexibility index (Phi) is 5.21. The number of hydroxylamine groups is 1. The predicted octanol–water partition coefficient (Wildman–Crippen LogP) is 3.99. The number of hydrogen-bond acceptors (Lipinski definition) is 6. The van der Waals surface area contributed by atoms with Crippen molar-refractivity contribution in [1.82, 2.24) is 20.0 Å². The van der Waals surface area contributed by atoms with Gasteiger partial charge in [0.25, 0.3) is 0 Å². The van der Waals surface area contributed by atoms with E-state index in [9.17, 15) is 0 Å². The quantitative estimate of drug-likeness (QED) is 0.694. The smallest absolute Gasteiger partial charge is 0.213 e. The Bertz CT molecular complexity index is 1020. The van der Waals surface area contributed by atoms with Gasteiger partial charge in [-0.3, -0.25) is 9.83 Å². The van der Waals surface area contributed by atoms with Crippen LogP contribution in [0.15, 0.2) is 53.9 Å². The molecule has 144 valence electrons. The lowest BCUT2D eigenvalue weighted by atomic mass is 10.0. The zero-order valence-electron chi connectivity index (χ0n) is 15.1. The van der Waals surface area contributed by atoms with Gasteiger partial charge in [0.15, 0.2) is 5.84 Å². The van der Waals surface area contributed by atoms with Crippen molar-refractivity contribution in [2.24, 2.45) is 4.99 Å². The Labute approximate surface area is 171 Å². The molecule has 7 nitrogen and oxygen atoms in total. The fourth-order valence-electron chi connectivity index (χ4n) is 2.96. The van der Waals surface area contributed by atoms with E-state index in [1.54, 1.807) is 30.3 Å². The number of nitrogens with zero attached hydrogens (tertiary/aromatic N) is 4. The van der Waals surface area contributed by atoms with E-state index in [0.29, 0.717) is 27.6 Å². The molecule has 0 amide bonds. The van der Waals surface area contributed by atoms with Gasteiger partial charge < -0.3 is 9.30 Å². The lowest BCUT2D eigenvalue weighted by Crippen LogP contribution is -2.38. The monoisotopic (exact) mass is 417 g/mol. The maximum absolute atomic E-state index is 6.01. The molecule has 3 heterocycles. The number of benzene rings is 1. The topological polar surface area (TPSA) is 73.6 Å². The van der Waals surface area contributed by atoms with Gasteiger partial charge in [-0.1, -0.05) is 35.3 Å². The third kappa shape index (κ3) is 3.69. The minimum Gasteiger partial charge on any atom is -0.481 e. The van der Waals surface area contributed by atoms with Gasteiger partial charge in [0, 0.05) is 17.3 Å². The Morgan fingerprint density at radius 3 is 2.61 bits per heavy atom. The van der Waals surface area contributed by atoms with Crippen LogP contribution >= 0.6 is 23.2 Å². The summed E-state index contributed by atoms with van der Waals surface area (Å²) < 4.78 is 7.05. The number of amidine groups is 1. The molecule has 0 saturated heterocycles. The second kappa shape index (κ2) is 7.79. The minimum absolute atomic E-state index is 0.179. The molecule has 28 heavy (non-hydrogen) atoms. The molecule has 0 spiro atoms. The second-order valence-electron chi connectivity index (χ2n) is 6.22. The summed E-state index contributed by atoms with van der Waals surface area (Å²) in [6, 6.07) is 11.0. The summed E-state index contributed by atoms with van der Waals surface area (Å²) in [6.45, 7) is 1.95. The molecule has 3 aromatic rings. The number of methoxy groups -OCH3 is 1. The summed E-state index contributed by atoms with van der Waals surface area (Å²) in [4.78, 5) is 19.2. The molecule has 9 heteroatoms. The van der Waals surface area contributed by atoms with Gasteiger partial charge in [-0.05, 0) is 30.7 Å². The van der Waals surface area contributed by atoms with Crippen LogP contribution in [0.5, 0.6) is 5.88 Å². The number of aliphatic imine (C=N–C) groups is 1. The lowest BCUT2D eigenvalue weighted by molar-refractivity contribution is -0.00478. The van der Waals surface area contributed by atoms with E-state index in [2.05, 4.69) is 15.4 Å². The molecule has 2 aromatic heterocycles. The van der Waals surface area contributed by atoms with Crippen molar-refractivity contribution >= 4 is 29.0 Å². The molecule has 0 radical (unpaired) electrons. The highest BCUT2D eigenvalue weighted by atomic mass is 35.5. The molecule has 0 fully saturated rings. The van der Waals surface area contributed by atoms with Crippen molar-refractivity contribution in [2.45, 2.75) is 19.1 Å². The van der Waals surface area contributed by atoms with Crippen molar-refractivity contribution in [3.8, 4) is 11.6 Å². The number of aromatic nitrogens is 3. The number of halogens is 2. The predicted molar refractivity (Wildman–Crippen MR) is 107 cm³/mol. The molecular formula is C19H17Cl2N5O2. The summed E-state index contributed by atoms with van der Waals surface area (Å²) in [5.41, 5.74) is 5.19. The Morgan fingerprint density at radius 2 is 1.93 bits per heavy atom. The summed E-state index contributed by atoms with van der Waals surface area (Å²) in [6.07, 6.45) is 3.12. The molecule has 1 aliphatic rings. The average molecular weight is 418 g/mol. The standard InChI is InChI=1S/C19H17Cl2N5O2/c1-11-17(12-3-5-13(20)6-4-12)24-19(25-28-11)18-14(7-8-16(23-18)27-2)26-9-15(21)22-10-26/h3-11,17H,1-2H3,(H,24,25). The van der Waals surface area contributed by atoms with Crippen LogP contribution in [0.25, 0.3) is 5.69 Å². The number of pyridine rings is 1. The summed E-state index contributed by atoms with van der Waals surface area (Å²) >= 11 is 12.0. The van der Waals surface area contributed by atoms with E-state index in [1.165, 1.54) is 0 Å². The molecular weight excluding hydrogens is 401 g/mol. The van der Waals surface area contributed by atoms with Crippen molar-refractivity contribution < 1.29 is 9.57 Å². The molecule has 1 aliphatic heterocycles. The first kappa shape index (κ1) is 18.7. The first-order chi connectivity index (χ1) is 13.5. The van der Waals surface area contributed by atoms with Crippen molar-refractivity contribution in [2.75, 3.05) is 7.11 Å². The molecule has 2 unspecified atom stereocenters. The van der Waals surface area contributed by atoms with E-state index < -0.39 is 0 Å². The van der Waals surface area contributed by atoms with Gasteiger partial charge in [-0.25, -0.2) is 15.4 Å². The van der Waals surface area contributed by atoms with Crippen LogP contribution in [-0.2, 0) is 4.84 Å². The Hall–Kier alpha value is -2.61. The molecule has 4 rings (SSSR count). The van der Waals surface area contributed by atoms with Crippen LogP contribution in [0, 0.1) is 0 Å². The minimum atomic E-state index is -0.222. The average Bonchev–Trinajstić information content (AvgIpc) is 3.15. The van der Waals surface area contributed by atoms with Crippen LogP contribution in [0.1, 0.15) is 24.2 Å². The SMILES string of the molecule is COc1ccc(-n2cnc(Cl)c2)c(C2=NC(c3ccc(Cl)cc3)C(C)ON2)n1. The summed E-state index contributed by atoms with van der Waals surface area (Å²) in [5, 5.41) is 1.05. The number of nitrogens with one attached hydrogen (secondary N) is 1. The normalized spacial score (nSPS) is 19.1. The van der Waals surface area contributed by atoms with Crippen LogP contribution < -0.4 is 10.2 Å². The number of ether oxygens (including phenoxy) is 1. The highest BCUT2D eigenvalue weighted by molar-refractivity contribution is 6.30. The van der Waals surface area contributed by atoms with Crippen LogP contribution in [0.2, 0.25) is 10.2 Å². The highest BCUT2D eigenvalue weighted by Gasteiger charge is 2.28. The number of hydrogen-bond donors (Lipinski definition) is 1. The first-order valence-corrected chi connectivity index (χ1v) is 9.31. The maximum Gasteiger partial charge on any atom is 0.213 e. The Balaban J connectivity index is 1.80. The first-order valence-electron chi connectivity index (χ1n) is 8.55. The van der Waals surface area contributed by atoms with Crippen LogP contribution in [0.3, 0.4) is 0 Å². The second-order valence-corrected chi connectivity index (χ2v) is 7.05. The zero-order chi connectivity index (χ0) is 19.7. The molecule has 0 saturated carbocycles. The van der Waals surface area contributed by atoms with E-state index in [1.807, 2.05) is 37.3 Å². The lowest BCUT2D eigenvalue weighted by Gasteiger charge is -2.28. The van der Waals surface area contributed by atoms with Gasteiger partial charge in [0.05, 0.1) is 12.8 Å². The van der Waals surface area contributed by atoms with Crippen molar-refractivity contribution in [3.63, 3.8) is 0 Å². The van der Waals surface area contributed by atoms with E-state index in [0.717, 1.165) is 11.3 Å². The van der Waals surface area contributed by atoms with Crippen molar-refractivity contribution in [3.05, 3.63) is 70.4 Å². The van der Waals surface area contributed by atoms with Crippen molar-refractivity contribution in [1.29, 1.82) is 0 Å². The zero-order valence-corrected chi connectivity index (χ0v) is 16.6. The molecule has 1 N–H and O–H groups in total.